The number of carbonyl (C=O) groups excluding carboxylic acids is 1. The Hall–Kier alpha value is -4.73. The van der Waals surface area contributed by atoms with Gasteiger partial charge in [-0.05, 0) is 61.2 Å². The Labute approximate surface area is 277 Å². The van der Waals surface area contributed by atoms with Gasteiger partial charge in [0.15, 0.2) is 17.2 Å². The van der Waals surface area contributed by atoms with E-state index in [1.165, 1.54) is 25.4 Å². The molecule has 1 aromatic heterocycles. The zero-order valence-corrected chi connectivity index (χ0v) is 27.0. The molecule has 1 aliphatic rings. The van der Waals surface area contributed by atoms with E-state index >= 15 is 0 Å². The molecule has 5 rings (SSSR count). The van der Waals surface area contributed by atoms with Crippen molar-refractivity contribution in [3.8, 4) is 17.2 Å². The first kappa shape index (κ1) is 34.6. The third-order valence-corrected chi connectivity index (χ3v) is 8.58. The summed E-state index contributed by atoms with van der Waals surface area (Å²) in [5.74, 6) is 1.21. The summed E-state index contributed by atoms with van der Waals surface area (Å²) in [4.78, 5) is 16.9. The van der Waals surface area contributed by atoms with Gasteiger partial charge in [-0.25, -0.2) is 4.85 Å². The molecule has 12 heteroatoms. The zero-order valence-electron chi connectivity index (χ0n) is 27.0. The van der Waals surface area contributed by atoms with E-state index in [2.05, 4.69) is 4.85 Å². The molecule has 9 nitrogen and oxygen atoms in total. The highest BCUT2D eigenvalue weighted by atomic mass is 19.4. The molecule has 0 aliphatic carbocycles. The van der Waals surface area contributed by atoms with Crippen LogP contribution in [0.1, 0.15) is 36.5 Å². The predicted molar refractivity (Wildman–Crippen MR) is 174 cm³/mol. The molecule has 0 amide bonds. The predicted octanol–water partition coefficient (Wildman–Crippen LogP) is 6.66. The first-order valence-electron chi connectivity index (χ1n) is 15.6. The lowest BCUT2D eigenvalue weighted by molar-refractivity contribution is -0.272. The van der Waals surface area contributed by atoms with Crippen LogP contribution in [0.15, 0.2) is 66.9 Å². The Morgan fingerprint density at radius 2 is 1.69 bits per heavy atom. The van der Waals surface area contributed by atoms with Crippen LogP contribution >= 0.6 is 0 Å². The second-order valence-corrected chi connectivity index (χ2v) is 11.8. The van der Waals surface area contributed by atoms with Crippen LogP contribution in [-0.4, -0.2) is 73.3 Å². The Morgan fingerprint density at radius 3 is 2.31 bits per heavy atom. The van der Waals surface area contributed by atoms with E-state index in [1.807, 2.05) is 12.1 Å². The van der Waals surface area contributed by atoms with Crippen molar-refractivity contribution < 1.29 is 42.0 Å². The van der Waals surface area contributed by atoms with Crippen molar-refractivity contribution in [2.75, 3.05) is 40.5 Å². The van der Waals surface area contributed by atoms with E-state index in [1.54, 1.807) is 59.9 Å². The summed E-state index contributed by atoms with van der Waals surface area (Å²) < 4.78 is 68.3. The van der Waals surface area contributed by atoms with Crippen molar-refractivity contribution >= 4 is 22.6 Å². The molecule has 0 saturated carbocycles. The van der Waals surface area contributed by atoms with Crippen LogP contribution < -0.4 is 14.2 Å². The van der Waals surface area contributed by atoms with Gasteiger partial charge in [0.05, 0.1) is 33.8 Å². The summed E-state index contributed by atoms with van der Waals surface area (Å²) in [6.07, 6.45) is -2.99. The molecule has 3 aromatic carbocycles. The molecule has 1 atom stereocenters. The molecular formula is C36H38F3N3O6. The van der Waals surface area contributed by atoms with Gasteiger partial charge in [0.2, 0.25) is 5.60 Å². The Morgan fingerprint density at radius 1 is 0.979 bits per heavy atom. The maximum atomic E-state index is 14.9. The number of ether oxygens (including phenoxy) is 4. The highest BCUT2D eigenvalue weighted by molar-refractivity contribution is 5.88. The number of methoxy groups -OCH3 is 2. The third kappa shape index (κ3) is 7.53. The summed E-state index contributed by atoms with van der Waals surface area (Å²) >= 11 is 0. The lowest BCUT2D eigenvalue weighted by atomic mass is 9.91. The first-order valence-corrected chi connectivity index (χ1v) is 15.6. The molecule has 0 spiro atoms. The second-order valence-electron chi connectivity index (χ2n) is 11.8. The topological polar surface area (TPSA) is 86.8 Å². The van der Waals surface area contributed by atoms with E-state index in [0.29, 0.717) is 41.2 Å². The number of aliphatic hydroxyl groups is 1. The molecule has 1 saturated heterocycles. The number of β-amino-alcohol motifs (C(OH)–C–C–N with tert-alkyl or cyclic N) is 1. The van der Waals surface area contributed by atoms with Gasteiger partial charge in [-0.2, -0.15) is 13.2 Å². The fraction of sp³-hybridized carbons (Fsp3) is 0.389. The SMILES string of the molecule is [C-]#[N+]c1ccc2c(C(O)(CN3CCC(Oc4ccc(CC(=O)OCC)cc4OC)CC3)C(F)(F)F)cn(Cc3ccc(OC)cc3)c2c1. The second kappa shape index (κ2) is 14.6. The number of esters is 1. The maximum Gasteiger partial charge on any atom is 0.422 e. The average molecular weight is 666 g/mol. The van der Waals surface area contributed by atoms with Gasteiger partial charge in [-0.3, -0.25) is 9.69 Å². The molecule has 2 heterocycles. The van der Waals surface area contributed by atoms with Crippen molar-refractivity contribution in [3.63, 3.8) is 0 Å². The summed E-state index contributed by atoms with van der Waals surface area (Å²) in [7, 11) is 3.04. The number of nitrogens with zero attached hydrogens (tertiary/aromatic N) is 3. The molecule has 1 fully saturated rings. The van der Waals surface area contributed by atoms with Crippen molar-refractivity contribution in [1.82, 2.24) is 9.47 Å². The van der Waals surface area contributed by atoms with E-state index in [-0.39, 0.29) is 61.4 Å². The van der Waals surface area contributed by atoms with Crippen LogP contribution in [0, 0.1) is 6.57 Å². The average Bonchev–Trinajstić information content (AvgIpc) is 3.43. The Balaban J connectivity index is 1.34. The van der Waals surface area contributed by atoms with Crippen molar-refractivity contribution in [2.24, 2.45) is 0 Å². The van der Waals surface area contributed by atoms with Crippen LogP contribution in [-0.2, 0) is 28.1 Å². The number of carbonyl (C=O) groups is 1. The molecule has 0 bridgehead atoms. The van der Waals surface area contributed by atoms with Crippen molar-refractivity contribution in [2.45, 2.75) is 50.6 Å². The van der Waals surface area contributed by atoms with E-state index in [0.717, 1.165) is 5.56 Å². The minimum absolute atomic E-state index is 0.0891. The molecule has 1 aliphatic heterocycles. The molecular weight excluding hydrogens is 627 g/mol. The molecule has 4 aromatic rings. The van der Waals surface area contributed by atoms with Crippen LogP contribution in [0.2, 0.25) is 0 Å². The number of fused-ring (bicyclic) bond motifs is 1. The van der Waals surface area contributed by atoms with E-state index in [4.69, 9.17) is 25.5 Å². The van der Waals surface area contributed by atoms with Gasteiger partial charge < -0.3 is 28.6 Å². The molecule has 1 N–H and O–H groups in total. The Kier molecular flexibility index (Phi) is 10.5. The highest BCUT2D eigenvalue weighted by Gasteiger charge is 2.57. The monoisotopic (exact) mass is 665 g/mol. The smallest absolute Gasteiger partial charge is 0.422 e. The van der Waals surface area contributed by atoms with Gasteiger partial charge in [0, 0.05) is 48.8 Å². The highest BCUT2D eigenvalue weighted by Crippen LogP contribution is 2.44. The number of halogens is 3. The minimum atomic E-state index is -4.99. The molecule has 0 radical (unpaired) electrons. The lowest BCUT2D eigenvalue weighted by Gasteiger charge is -2.39. The standard InChI is InChI=1S/C36H38F3N3O6/c1-5-47-34(43)19-25-8-13-32(33(18-25)46-4)48-28-14-16-41(17-15-28)23-35(44,36(37,38)39)30-22-42(21-24-6-10-27(45-3)11-7-24)31-20-26(40-2)9-12-29(30)31/h6-13,18,20,22,28,44H,5,14-17,19,21,23H2,1,3-4H3. The molecule has 254 valence electrons. The lowest BCUT2D eigenvalue weighted by Crippen LogP contribution is -2.53. The summed E-state index contributed by atoms with van der Waals surface area (Å²) in [5.41, 5.74) is -1.22. The van der Waals surface area contributed by atoms with Gasteiger partial charge in [0.1, 0.15) is 11.9 Å². The minimum Gasteiger partial charge on any atom is -0.497 e. The summed E-state index contributed by atoms with van der Waals surface area (Å²) in [6.45, 7) is 9.55. The number of piperidine rings is 1. The van der Waals surface area contributed by atoms with Crippen LogP contribution in [0.4, 0.5) is 18.9 Å². The number of aromatic nitrogens is 1. The fourth-order valence-electron chi connectivity index (χ4n) is 6.05. The van der Waals surface area contributed by atoms with Crippen LogP contribution in [0.5, 0.6) is 17.2 Å². The summed E-state index contributed by atoms with van der Waals surface area (Å²) in [6, 6.07) is 16.8. The maximum absolute atomic E-state index is 14.9. The van der Waals surface area contributed by atoms with Crippen molar-refractivity contribution in [1.29, 1.82) is 0 Å². The van der Waals surface area contributed by atoms with Gasteiger partial charge >= 0.3 is 12.1 Å². The first-order chi connectivity index (χ1) is 23.0. The van der Waals surface area contributed by atoms with Crippen LogP contribution in [0.3, 0.4) is 0 Å². The van der Waals surface area contributed by atoms with E-state index in [9.17, 15) is 23.1 Å². The van der Waals surface area contributed by atoms with Crippen LogP contribution in [0.25, 0.3) is 15.7 Å². The number of rotatable bonds is 12. The van der Waals surface area contributed by atoms with Gasteiger partial charge in [-0.15, -0.1) is 0 Å². The number of hydrogen-bond acceptors (Lipinski definition) is 7. The number of benzene rings is 3. The van der Waals surface area contributed by atoms with E-state index < -0.39 is 18.3 Å². The number of alkyl halides is 3. The zero-order chi connectivity index (χ0) is 34.5. The van der Waals surface area contributed by atoms with Gasteiger partial charge in [-0.1, -0.05) is 30.3 Å². The number of hydrogen-bond donors (Lipinski definition) is 1. The fourth-order valence-corrected chi connectivity index (χ4v) is 6.05. The quantitative estimate of drug-likeness (QED) is 0.134. The Bertz CT molecular complexity index is 1770. The third-order valence-electron chi connectivity index (χ3n) is 8.58. The normalized spacial score (nSPS) is 15.5. The number of likely N-dealkylation sites (tertiary alicyclic amines) is 1. The largest absolute Gasteiger partial charge is 0.497 e. The molecule has 1 unspecified atom stereocenters. The molecule has 48 heavy (non-hydrogen) atoms. The van der Waals surface area contributed by atoms with Gasteiger partial charge in [0.25, 0.3) is 0 Å². The van der Waals surface area contributed by atoms with Crippen molar-refractivity contribution in [3.05, 3.63) is 95.0 Å². The summed E-state index contributed by atoms with van der Waals surface area (Å²) in [5, 5.41) is 11.8.